The molecule has 0 N–H and O–H groups in total. The molecule has 2 saturated carbocycles. The average Bonchev–Trinajstić information content (AvgIpc) is 2.87. The number of rotatable bonds is 3. The largest absolute Gasteiger partial charge is 0.300 e. The first kappa shape index (κ1) is 10.5. The maximum Gasteiger partial charge on any atom is 0.00951 e. The van der Waals surface area contributed by atoms with E-state index in [-0.39, 0.29) is 0 Å². The Labute approximate surface area is 88.9 Å². The van der Waals surface area contributed by atoms with Crippen LogP contribution in [0.4, 0.5) is 0 Å². The van der Waals surface area contributed by atoms with Gasteiger partial charge in [-0.1, -0.05) is 25.7 Å². The molecule has 2 fully saturated rings. The van der Waals surface area contributed by atoms with Crippen LogP contribution in [0.3, 0.4) is 0 Å². The van der Waals surface area contributed by atoms with Gasteiger partial charge in [-0.2, -0.15) is 0 Å². The van der Waals surface area contributed by atoms with Gasteiger partial charge in [-0.15, -0.1) is 0 Å². The standard InChI is InChI=1S/C13H25N/c1-11(12-7-3-4-8-12)14(2)13-9-5-6-10-13/h11-13H,3-10H2,1-2H3. The predicted octanol–water partition coefficient (Wildman–Crippen LogP) is 3.44. The molecule has 2 rings (SSSR count). The summed E-state index contributed by atoms with van der Waals surface area (Å²) in [6.07, 6.45) is 11.8. The number of hydrogen-bond donors (Lipinski definition) is 0. The second-order valence-corrected chi connectivity index (χ2v) is 5.39. The summed E-state index contributed by atoms with van der Waals surface area (Å²) in [6.45, 7) is 2.45. The zero-order valence-corrected chi connectivity index (χ0v) is 9.84. The second kappa shape index (κ2) is 4.65. The van der Waals surface area contributed by atoms with Gasteiger partial charge in [0.15, 0.2) is 0 Å². The van der Waals surface area contributed by atoms with Gasteiger partial charge in [0.2, 0.25) is 0 Å². The Hall–Kier alpha value is -0.0400. The lowest BCUT2D eigenvalue weighted by molar-refractivity contribution is 0.138. The molecule has 0 radical (unpaired) electrons. The van der Waals surface area contributed by atoms with Crippen LogP contribution >= 0.6 is 0 Å². The monoisotopic (exact) mass is 195 g/mol. The Kier molecular flexibility index (Phi) is 3.48. The molecule has 82 valence electrons. The molecule has 0 aromatic heterocycles. The summed E-state index contributed by atoms with van der Waals surface area (Å²) in [5.41, 5.74) is 0. The molecule has 0 aliphatic heterocycles. The lowest BCUT2D eigenvalue weighted by Gasteiger charge is -2.34. The molecule has 1 atom stereocenters. The van der Waals surface area contributed by atoms with Crippen molar-refractivity contribution in [3.8, 4) is 0 Å². The second-order valence-electron chi connectivity index (χ2n) is 5.39. The van der Waals surface area contributed by atoms with E-state index in [0.29, 0.717) is 0 Å². The normalized spacial score (nSPS) is 27.6. The SMILES string of the molecule is CC(C1CCCC1)N(C)C1CCCC1. The van der Waals surface area contributed by atoms with Crippen LogP contribution in [0.25, 0.3) is 0 Å². The Bertz CT molecular complexity index is 146. The molecular weight excluding hydrogens is 170 g/mol. The van der Waals surface area contributed by atoms with Gasteiger partial charge in [0.25, 0.3) is 0 Å². The van der Waals surface area contributed by atoms with Crippen LogP contribution in [0.1, 0.15) is 58.3 Å². The van der Waals surface area contributed by atoms with Crippen molar-refractivity contribution in [3.63, 3.8) is 0 Å². The van der Waals surface area contributed by atoms with Crippen molar-refractivity contribution in [1.82, 2.24) is 4.90 Å². The minimum absolute atomic E-state index is 0.834. The van der Waals surface area contributed by atoms with Crippen molar-refractivity contribution < 1.29 is 0 Å². The van der Waals surface area contributed by atoms with Crippen LogP contribution in [0.15, 0.2) is 0 Å². The topological polar surface area (TPSA) is 3.24 Å². The summed E-state index contributed by atoms with van der Waals surface area (Å²) < 4.78 is 0. The van der Waals surface area contributed by atoms with Gasteiger partial charge in [0.1, 0.15) is 0 Å². The van der Waals surface area contributed by atoms with Gasteiger partial charge in [-0.25, -0.2) is 0 Å². The maximum atomic E-state index is 2.68. The van der Waals surface area contributed by atoms with Gasteiger partial charge in [0.05, 0.1) is 0 Å². The summed E-state index contributed by atoms with van der Waals surface area (Å²) in [5.74, 6) is 1.00. The smallest absolute Gasteiger partial charge is 0.00951 e. The van der Waals surface area contributed by atoms with Gasteiger partial charge >= 0.3 is 0 Å². The third kappa shape index (κ3) is 2.13. The Morgan fingerprint density at radius 1 is 0.929 bits per heavy atom. The summed E-state index contributed by atoms with van der Waals surface area (Å²) in [6, 6.07) is 1.74. The van der Waals surface area contributed by atoms with Crippen molar-refractivity contribution >= 4 is 0 Å². The van der Waals surface area contributed by atoms with Crippen LogP contribution in [0.2, 0.25) is 0 Å². The molecule has 0 heterocycles. The summed E-state index contributed by atoms with van der Waals surface area (Å²) in [7, 11) is 2.36. The first-order valence-corrected chi connectivity index (χ1v) is 6.51. The molecule has 0 aromatic carbocycles. The van der Waals surface area contributed by atoms with Crippen LogP contribution in [0, 0.1) is 5.92 Å². The van der Waals surface area contributed by atoms with Crippen molar-refractivity contribution in [2.75, 3.05) is 7.05 Å². The van der Waals surface area contributed by atoms with E-state index in [1.807, 2.05) is 0 Å². The minimum atomic E-state index is 0.834. The van der Waals surface area contributed by atoms with Crippen molar-refractivity contribution in [3.05, 3.63) is 0 Å². The van der Waals surface area contributed by atoms with E-state index in [2.05, 4.69) is 18.9 Å². The molecule has 0 spiro atoms. The molecule has 0 amide bonds. The van der Waals surface area contributed by atoms with Crippen molar-refractivity contribution in [2.24, 2.45) is 5.92 Å². The molecule has 1 unspecified atom stereocenters. The van der Waals surface area contributed by atoms with Crippen molar-refractivity contribution in [1.29, 1.82) is 0 Å². The van der Waals surface area contributed by atoms with E-state index in [1.54, 1.807) is 0 Å². The average molecular weight is 195 g/mol. The van der Waals surface area contributed by atoms with E-state index in [1.165, 1.54) is 51.4 Å². The maximum absolute atomic E-state index is 2.68. The highest BCUT2D eigenvalue weighted by molar-refractivity contribution is 4.84. The van der Waals surface area contributed by atoms with E-state index < -0.39 is 0 Å². The van der Waals surface area contributed by atoms with E-state index >= 15 is 0 Å². The summed E-state index contributed by atoms with van der Waals surface area (Å²) in [4.78, 5) is 2.68. The first-order valence-electron chi connectivity index (χ1n) is 6.51. The van der Waals surface area contributed by atoms with Crippen LogP contribution < -0.4 is 0 Å². The Morgan fingerprint density at radius 2 is 1.43 bits per heavy atom. The van der Waals surface area contributed by atoms with Crippen LogP contribution in [0.5, 0.6) is 0 Å². The third-order valence-corrected chi connectivity index (χ3v) is 4.63. The molecular formula is C13H25N. The quantitative estimate of drug-likeness (QED) is 0.667. The zero-order chi connectivity index (χ0) is 9.97. The molecule has 0 saturated heterocycles. The predicted molar refractivity (Wildman–Crippen MR) is 61.4 cm³/mol. The van der Waals surface area contributed by atoms with Gasteiger partial charge < -0.3 is 4.90 Å². The van der Waals surface area contributed by atoms with Crippen LogP contribution in [-0.2, 0) is 0 Å². The molecule has 0 aromatic rings. The first-order chi connectivity index (χ1) is 6.79. The molecule has 2 aliphatic rings. The number of nitrogens with zero attached hydrogens (tertiary/aromatic N) is 1. The minimum Gasteiger partial charge on any atom is -0.300 e. The van der Waals surface area contributed by atoms with Gasteiger partial charge in [-0.05, 0) is 45.6 Å². The Balaban J connectivity index is 1.85. The van der Waals surface area contributed by atoms with E-state index in [4.69, 9.17) is 0 Å². The van der Waals surface area contributed by atoms with Crippen molar-refractivity contribution in [2.45, 2.75) is 70.4 Å². The summed E-state index contributed by atoms with van der Waals surface area (Å²) in [5, 5.41) is 0. The molecule has 0 bridgehead atoms. The van der Waals surface area contributed by atoms with E-state index in [9.17, 15) is 0 Å². The molecule has 1 nitrogen and oxygen atoms in total. The Morgan fingerprint density at radius 3 is 2.00 bits per heavy atom. The third-order valence-electron chi connectivity index (χ3n) is 4.63. The van der Waals surface area contributed by atoms with Gasteiger partial charge in [0, 0.05) is 12.1 Å². The fourth-order valence-corrected chi connectivity index (χ4v) is 3.42. The lowest BCUT2D eigenvalue weighted by atomic mass is 9.97. The van der Waals surface area contributed by atoms with Crippen LogP contribution in [-0.4, -0.2) is 24.0 Å². The molecule has 1 heteroatoms. The zero-order valence-electron chi connectivity index (χ0n) is 9.84. The lowest BCUT2D eigenvalue weighted by Crippen LogP contribution is -2.40. The van der Waals surface area contributed by atoms with E-state index in [0.717, 1.165) is 18.0 Å². The fraction of sp³-hybridized carbons (Fsp3) is 1.00. The number of hydrogen-bond acceptors (Lipinski definition) is 1. The highest BCUT2D eigenvalue weighted by Gasteiger charge is 2.29. The highest BCUT2D eigenvalue weighted by atomic mass is 15.2. The molecule has 14 heavy (non-hydrogen) atoms. The highest BCUT2D eigenvalue weighted by Crippen LogP contribution is 2.32. The fourth-order valence-electron chi connectivity index (χ4n) is 3.42. The van der Waals surface area contributed by atoms with Gasteiger partial charge in [-0.3, -0.25) is 0 Å². The summed E-state index contributed by atoms with van der Waals surface area (Å²) >= 11 is 0. The molecule has 2 aliphatic carbocycles.